The normalized spacial score (nSPS) is 21.6. The molecule has 4 heteroatoms. The molecule has 1 saturated heterocycles. The smallest absolute Gasteiger partial charge is 0.252 e. The summed E-state index contributed by atoms with van der Waals surface area (Å²) in [6.07, 6.45) is 3.03. The molecule has 0 bridgehead atoms. The van der Waals surface area contributed by atoms with Gasteiger partial charge in [0.1, 0.15) is 6.10 Å². The van der Waals surface area contributed by atoms with Crippen molar-refractivity contribution in [3.05, 3.63) is 48.6 Å². The van der Waals surface area contributed by atoms with E-state index in [0.717, 1.165) is 18.4 Å². The van der Waals surface area contributed by atoms with Crippen molar-refractivity contribution in [2.24, 2.45) is 5.73 Å². The van der Waals surface area contributed by atoms with Crippen LogP contribution in [0.5, 0.6) is 0 Å². The monoisotopic (exact) mass is 274 g/mol. The van der Waals surface area contributed by atoms with Gasteiger partial charge in [-0.05, 0) is 18.4 Å². The molecule has 1 aromatic carbocycles. The van der Waals surface area contributed by atoms with Gasteiger partial charge in [0.25, 0.3) is 5.91 Å². The van der Waals surface area contributed by atoms with E-state index in [0.29, 0.717) is 19.6 Å². The molecule has 2 atom stereocenters. The zero-order valence-electron chi connectivity index (χ0n) is 11.7. The summed E-state index contributed by atoms with van der Waals surface area (Å²) in [5.41, 5.74) is 6.70. The van der Waals surface area contributed by atoms with Crippen molar-refractivity contribution < 1.29 is 9.53 Å². The molecular formula is C16H22N2O2. The Morgan fingerprint density at radius 3 is 2.75 bits per heavy atom. The summed E-state index contributed by atoms with van der Waals surface area (Å²) in [6.45, 7) is 5.31. The number of nitrogens with two attached hydrogens (primary N) is 1. The minimum absolute atomic E-state index is 0.0197. The van der Waals surface area contributed by atoms with E-state index < -0.39 is 0 Å². The molecule has 4 nitrogen and oxygen atoms in total. The van der Waals surface area contributed by atoms with Gasteiger partial charge in [-0.2, -0.15) is 0 Å². The van der Waals surface area contributed by atoms with Crippen LogP contribution in [0.1, 0.15) is 18.4 Å². The lowest BCUT2D eigenvalue weighted by molar-refractivity contribution is -0.142. The number of benzene rings is 1. The Morgan fingerprint density at radius 2 is 2.15 bits per heavy atom. The second-order valence-electron chi connectivity index (χ2n) is 5.05. The Balaban J connectivity index is 2.01. The van der Waals surface area contributed by atoms with Crippen LogP contribution in [0.3, 0.4) is 0 Å². The first kappa shape index (κ1) is 14.8. The van der Waals surface area contributed by atoms with E-state index in [-0.39, 0.29) is 18.1 Å². The quantitative estimate of drug-likeness (QED) is 0.803. The highest BCUT2D eigenvalue weighted by Crippen LogP contribution is 2.21. The van der Waals surface area contributed by atoms with Crippen LogP contribution < -0.4 is 5.73 Å². The van der Waals surface area contributed by atoms with Crippen LogP contribution in [-0.4, -0.2) is 36.1 Å². The summed E-state index contributed by atoms with van der Waals surface area (Å²) in [5, 5.41) is 0. The van der Waals surface area contributed by atoms with Gasteiger partial charge in [-0.1, -0.05) is 36.4 Å². The molecule has 0 aliphatic carbocycles. The largest absolute Gasteiger partial charge is 0.364 e. The third-order valence-corrected chi connectivity index (χ3v) is 3.52. The Morgan fingerprint density at radius 1 is 1.40 bits per heavy atom. The van der Waals surface area contributed by atoms with Crippen molar-refractivity contribution in [2.75, 3.05) is 13.1 Å². The number of hydrogen-bond acceptors (Lipinski definition) is 3. The maximum Gasteiger partial charge on any atom is 0.252 e. The van der Waals surface area contributed by atoms with Crippen LogP contribution in [-0.2, 0) is 16.1 Å². The SMILES string of the molecule is C=CCN(Cc1ccccc1)C(=O)[C@@H]1CC[C@H](CN)O1. The third kappa shape index (κ3) is 3.68. The van der Waals surface area contributed by atoms with E-state index >= 15 is 0 Å². The fourth-order valence-electron chi connectivity index (χ4n) is 2.46. The fourth-order valence-corrected chi connectivity index (χ4v) is 2.46. The fraction of sp³-hybridized carbons (Fsp3) is 0.438. The van der Waals surface area contributed by atoms with Gasteiger partial charge < -0.3 is 15.4 Å². The molecule has 1 fully saturated rings. The average Bonchev–Trinajstić information content (AvgIpc) is 2.96. The maximum absolute atomic E-state index is 12.5. The van der Waals surface area contributed by atoms with Crippen LogP contribution in [0, 0.1) is 0 Å². The molecule has 0 spiro atoms. The minimum atomic E-state index is -0.354. The van der Waals surface area contributed by atoms with Crippen LogP contribution in [0.15, 0.2) is 43.0 Å². The molecule has 1 amide bonds. The molecule has 1 aliphatic rings. The first-order chi connectivity index (χ1) is 9.74. The molecule has 2 N–H and O–H groups in total. The Labute approximate surface area is 120 Å². The zero-order chi connectivity index (χ0) is 14.4. The molecule has 1 heterocycles. The van der Waals surface area contributed by atoms with Crippen molar-refractivity contribution >= 4 is 5.91 Å². The molecule has 108 valence electrons. The van der Waals surface area contributed by atoms with E-state index in [9.17, 15) is 4.79 Å². The van der Waals surface area contributed by atoms with E-state index in [1.807, 2.05) is 30.3 Å². The summed E-state index contributed by atoms with van der Waals surface area (Å²) < 4.78 is 5.69. The van der Waals surface area contributed by atoms with Crippen molar-refractivity contribution in [3.8, 4) is 0 Å². The molecule has 2 rings (SSSR count). The van der Waals surface area contributed by atoms with Gasteiger partial charge in [-0.15, -0.1) is 6.58 Å². The Kier molecular flexibility index (Phi) is 5.32. The van der Waals surface area contributed by atoms with Crippen molar-refractivity contribution in [1.82, 2.24) is 4.90 Å². The Bertz CT molecular complexity index is 447. The number of amides is 1. The summed E-state index contributed by atoms with van der Waals surface area (Å²) >= 11 is 0. The van der Waals surface area contributed by atoms with Crippen LogP contribution in [0.2, 0.25) is 0 Å². The van der Waals surface area contributed by atoms with Crippen LogP contribution in [0.4, 0.5) is 0 Å². The van der Waals surface area contributed by atoms with Gasteiger partial charge >= 0.3 is 0 Å². The van der Waals surface area contributed by atoms with Crippen molar-refractivity contribution in [3.63, 3.8) is 0 Å². The summed E-state index contributed by atoms with van der Waals surface area (Å²) in [4.78, 5) is 14.3. The second-order valence-corrected chi connectivity index (χ2v) is 5.05. The maximum atomic E-state index is 12.5. The first-order valence-electron chi connectivity index (χ1n) is 7.03. The molecule has 0 unspecified atom stereocenters. The Hall–Kier alpha value is -1.65. The second kappa shape index (κ2) is 7.22. The van der Waals surface area contributed by atoms with Crippen LogP contribution >= 0.6 is 0 Å². The lowest BCUT2D eigenvalue weighted by Crippen LogP contribution is -2.39. The van der Waals surface area contributed by atoms with Gasteiger partial charge in [-0.25, -0.2) is 0 Å². The molecule has 20 heavy (non-hydrogen) atoms. The highest BCUT2D eigenvalue weighted by molar-refractivity contribution is 5.81. The lowest BCUT2D eigenvalue weighted by Gasteiger charge is -2.24. The molecule has 0 aromatic heterocycles. The number of ether oxygens (including phenoxy) is 1. The molecule has 1 aliphatic heterocycles. The molecule has 0 saturated carbocycles. The van der Waals surface area contributed by atoms with E-state index in [4.69, 9.17) is 10.5 Å². The number of carbonyl (C=O) groups excluding carboxylic acids is 1. The molecule has 0 radical (unpaired) electrons. The summed E-state index contributed by atoms with van der Waals surface area (Å²) in [5.74, 6) is 0.0321. The number of nitrogens with zero attached hydrogens (tertiary/aromatic N) is 1. The van der Waals surface area contributed by atoms with Gasteiger partial charge in [-0.3, -0.25) is 4.79 Å². The minimum Gasteiger partial charge on any atom is -0.364 e. The first-order valence-corrected chi connectivity index (χ1v) is 7.03. The van der Waals surface area contributed by atoms with Gasteiger partial charge in [0.15, 0.2) is 0 Å². The number of rotatable bonds is 6. The third-order valence-electron chi connectivity index (χ3n) is 3.52. The highest BCUT2D eigenvalue weighted by atomic mass is 16.5. The van der Waals surface area contributed by atoms with Crippen molar-refractivity contribution in [1.29, 1.82) is 0 Å². The van der Waals surface area contributed by atoms with Crippen LogP contribution in [0.25, 0.3) is 0 Å². The molecular weight excluding hydrogens is 252 g/mol. The predicted molar refractivity (Wildman–Crippen MR) is 79.0 cm³/mol. The highest BCUT2D eigenvalue weighted by Gasteiger charge is 2.32. The van der Waals surface area contributed by atoms with Gasteiger partial charge in [0.2, 0.25) is 0 Å². The summed E-state index contributed by atoms with van der Waals surface area (Å²) in [6, 6.07) is 9.95. The predicted octanol–water partition coefficient (Wildman–Crippen LogP) is 1.71. The average molecular weight is 274 g/mol. The van der Waals surface area contributed by atoms with E-state index in [1.165, 1.54) is 0 Å². The topological polar surface area (TPSA) is 55.6 Å². The van der Waals surface area contributed by atoms with E-state index in [2.05, 4.69) is 6.58 Å². The number of hydrogen-bond donors (Lipinski definition) is 1. The molecule has 1 aromatic rings. The van der Waals surface area contributed by atoms with Crippen molar-refractivity contribution in [2.45, 2.75) is 31.6 Å². The number of carbonyl (C=O) groups is 1. The van der Waals surface area contributed by atoms with Gasteiger partial charge in [0, 0.05) is 19.6 Å². The standard InChI is InChI=1S/C16H22N2O2/c1-2-10-18(12-13-6-4-3-5-7-13)16(19)15-9-8-14(11-17)20-15/h2-7,14-15H,1,8-12,17H2/t14-,15+/m1/s1. The lowest BCUT2D eigenvalue weighted by atomic mass is 10.1. The zero-order valence-corrected chi connectivity index (χ0v) is 11.7. The van der Waals surface area contributed by atoms with E-state index in [1.54, 1.807) is 11.0 Å². The van der Waals surface area contributed by atoms with Gasteiger partial charge in [0.05, 0.1) is 6.10 Å². The summed E-state index contributed by atoms with van der Waals surface area (Å²) in [7, 11) is 0.